The van der Waals surface area contributed by atoms with Crippen LogP contribution in [0.4, 0.5) is 14.9 Å². The van der Waals surface area contributed by atoms with Gasteiger partial charge in [-0.15, -0.1) is 10.2 Å². The maximum absolute atomic E-state index is 13.0. The maximum Gasteiger partial charge on any atom is 0.319 e. The zero-order valence-corrected chi connectivity index (χ0v) is 12.3. The topological polar surface area (TPSA) is 94.0 Å². The Hall–Kier alpha value is -2.55. The molecule has 0 saturated carbocycles. The molecule has 9 heteroatoms. The van der Waals surface area contributed by atoms with Crippen molar-refractivity contribution >= 4 is 11.7 Å². The number of methoxy groups -OCH3 is 1. The first-order chi connectivity index (χ1) is 10.6. The molecule has 2 aromatic heterocycles. The highest BCUT2D eigenvalue weighted by atomic mass is 19.1. The summed E-state index contributed by atoms with van der Waals surface area (Å²) in [6, 6.07) is 0.320. The third-order valence-corrected chi connectivity index (χ3v) is 2.88. The molecule has 2 aromatic rings. The second-order valence-electron chi connectivity index (χ2n) is 4.59. The molecule has 118 valence electrons. The largest absolute Gasteiger partial charge is 0.383 e. The minimum absolute atomic E-state index is 0.269. The van der Waals surface area contributed by atoms with Gasteiger partial charge in [0.2, 0.25) is 0 Å². The minimum Gasteiger partial charge on any atom is -0.383 e. The van der Waals surface area contributed by atoms with E-state index in [0.29, 0.717) is 19.0 Å². The SMILES string of the molecule is COCCn1cnnc1[C@H](C)NC(=O)Nc1cncc(F)c1. The van der Waals surface area contributed by atoms with Crippen LogP contribution in [0.2, 0.25) is 0 Å². The number of rotatable bonds is 6. The lowest BCUT2D eigenvalue weighted by Gasteiger charge is -2.15. The number of urea groups is 1. The summed E-state index contributed by atoms with van der Waals surface area (Å²) in [5.74, 6) is 0.0784. The minimum atomic E-state index is -0.523. The molecule has 0 fully saturated rings. The highest BCUT2D eigenvalue weighted by Crippen LogP contribution is 2.10. The molecule has 8 nitrogen and oxygen atoms in total. The first-order valence-electron chi connectivity index (χ1n) is 6.65. The number of nitrogens with one attached hydrogen (secondary N) is 2. The Morgan fingerprint density at radius 2 is 2.32 bits per heavy atom. The van der Waals surface area contributed by atoms with E-state index in [1.807, 2.05) is 0 Å². The first-order valence-corrected chi connectivity index (χ1v) is 6.65. The van der Waals surface area contributed by atoms with Crippen LogP contribution in [0.15, 0.2) is 24.8 Å². The molecule has 2 amide bonds. The number of anilines is 1. The molecule has 0 radical (unpaired) electrons. The highest BCUT2D eigenvalue weighted by molar-refractivity contribution is 5.89. The molecule has 1 atom stereocenters. The van der Waals surface area contributed by atoms with Gasteiger partial charge in [0.15, 0.2) is 5.82 Å². The number of pyridine rings is 1. The molecule has 2 N–H and O–H groups in total. The van der Waals surface area contributed by atoms with Gasteiger partial charge >= 0.3 is 6.03 Å². The second kappa shape index (κ2) is 7.46. The number of hydrogen-bond acceptors (Lipinski definition) is 5. The molecule has 0 saturated heterocycles. The molecule has 0 spiro atoms. The Bertz CT molecular complexity index is 632. The summed E-state index contributed by atoms with van der Waals surface area (Å²) >= 11 is 0. The number of ether oxygens (including phenoxy) is 1. The normalized spacial score (nSPS) is 12.0. The van der Waals surface area contributed by atoms with Crippen molar-refractivity contribution in [2.24, 2.45) is 0 Å². The molecule has 0 bridgehead atoms. The van der Waals surface area contributed by atoms with Gasteiger partial charge in [-0.25, -0.2) is 9.18 Å². The Labute approximate surface area is 126 Å². The van der Waals surface area contributed by atoms with Gasteiger partial charge in [0.05, 0.1) is 30.7 Å². The molecule has 0 unspecified atom stereocenters. The van der Waals surface area contributed by atoms with Crippen LogP contribution in [0.3, 0.4) is 0 Å². The molecular formula is C13H17FN6O2. The van der Waals surface area contributed by atoms with E-state index in [1.54, 1.807) is 24.9 Å². The number of halogens is 1. The third kappa shape index (κ3) is 4.22. The fraction of sp³-hybridized carbons (Fsp3) is 0.385. The summed E-state index contributed by atoms with van der Waals surface area (Å²) in [5, 5.41) is 13.0. The number of carbonyl (C=O) groups is 1. The smallest absolute Gasteiger partial charge is 0.319 e. The zero-order valence-electron chi connectivity index (χ0n) is 12.3. The van der Waals surface area contributed by atoms with Crippen molar-refractivity contribution in [3.63, 3.8) is 0 Å². The van der Waals surface area contributed by atoms with Crippen molar-refractivity contribution in [3.05, 3.63) is 36.4 Å². The quantitative estimate of drug-likeness (QED) is 0.840. The van der Waals surface area contributed by atoms with Crippen LogP contribution >= 0.6 is 0 Å². The fourth-order valence-corrected chi connectivity index (χ4v) is 1.87. The summed E-state index contributed by atoms with van der Waals surface area (Å²) in [7, 11) is 1.60. The molecule has 0 aliphatic heterocycles. The average Bonchev–Trinajstić information content (AvgIpc) is 2.93. The number of carbonyl (C=O) groups excluding carboxylic acids is 1. The van der Waals surface area contributed by atoms with Crippen LogP contribution in [-0.4, -0.2) is 39.5 Å². The van der Waals surface area contributed by atoms with E-state index in [2.05, 4.69) is 25.8 Å². The number of amides is 2. The average molecular weight is 308 g/mol. The monoisotopic (exact) mass is 308 g/mol. The van der Waals surface area contributed by atoms with E-state index in [-0.39, 0.29) is 11.7 Å². The van der Waals surface area contributed by atoms with Gasteiger partial charge in [0, 0.05) is 19.7 Å². The Morgan fingerprint density at radius 3 is 3.05 bits per heavy atom. The van der Waals surface area contributed by atoms with Gasteiger partial charge in [-0.1, -0.05) is 0 Å². The first kappa shape index (κ1) is 15.8. The molecule has 2 rings (SSSR count). The Morgan fingerprint density at radius 1 is 1.50 bits per heavy atom. The van der Waals surface area contributed by atoms with Crippen LogP contribution < -0.4 is 10.6 Å². The third-order valence-electron chi connectivity index (χ3n) is 2.88. The number of nitrogens with zero attached hydrogens (tertiary/aromatic N) is 4. The lowest BCUT2D eigenvalue weighted by Crippen LogP contribution is -2.32. The second-order valence-corrected chi connectivity index (χ2v) is 4.59. The highest BCUT2D eigenvalue weighted by Gasteiger charge is 2.15. The van der Waals surface area contributed by atoms with Crippen LogP contribution in [-0.2, 0) is 11.3 Å². The van der Waals surface area contributed by atoms with Crippen molar-refractivity contribution in [2.75, 3.05) is 19.0 Å². The molecule has 0 aliphatic carbocycles. The molecule has 0 aromatic carbocycles. The molecule has 2 heterocycles. The fourth-order valence-electron chi connectivity index (χ4n) is 1.87. The Kier molecular flexibility index (Phi) is 5.37. The molecular weight excluding hydrogens is 291 g/mol. The summed E-state index contributed by atoms with van der Waals surface area (Å²) in [5.41, 5.74) is 0.269. The van der Waals surface area contributed by atoms with Gasteiger partial charge in [0.1, 0.15) is 12.1 Å². The number of hydrogen-bond donors (Lipinski definition) is 2. The van der Waals surface area contributed by atoms with Gasteiger partial charge in [0.25, 0.3) is 0 Å². The van der Waals surface area contributed by atoms with Gasteiger partial charge in [-0.3, -0.25) is 4.98 Å². The lowest BCUT2D eigenvalue weighted by atomic mass is 10.3. The van der Waals surface area contributed by atoms with Crippen molar-refractivity contribution in [1.29, 1.82) is 0 Å². The van der Waals surface area contributed by atoms with Crippen LogP contribution in [0.1, 0.15) is 18.8 Å². The predicted molar refractivity (Wildman–Crippen MR) is 76.7 cm³/mol. The van der Waals surface area contributed by atoms with Crippen molar-refractivity contribution < 1.29 is 13.9 Å². The van der Waals surface area contributed by atoms with E-state index < -0.39 is 11.8 Å². The predicted octanol–water partition coefficient (Wildman–Crippen LogP) is 1.34. The molecule has 0 aliphatic rings. The van der Waals surface area contributed by atoms with E-state index in [1.165, 1.54) is 12.3 Å². The van der Waals surface area contributed by atoms with Gasteiger partial charge in [-0.05, 0) is 6.92 Å². The maximum atomic E-state index is 13.0. The van der Waals surface area contributed by atoms with Crippen LogP contribution in [0, 0.1) is 5.82 Å². The zero-order chi connectivity index (χ0) is 15.9. The van der Waals surface area contributed by atoms with E-state index in [9.17, 15) is 9.18 Å². The molecule has 22 heavy (non-hydrogen) atoms. The van der Waals surface area contributed by atoms with Crippen molar-refractivity contribution in [1.82, 2.24) is 25.1 Å². The van der Waals surface area contributed by atoms with Gasteiger partial charge < -0.3 is 19.9 Å². The van der Waals surface area contributed by atoms with Crippen LogP contribution in [0.25, 0.3) is 0 Å². The van der Waals surface area contributed by atoms with E-state index in [4.69, 9.17) is 4.74 Å². The summed E-state index contributed by atoms with van der Waals surface area (Å²) < 4.78 is 19.8. The summed E-state index contributed by atoms with van der Waals surface area (Å²) in [6.45, 7) is 2.87. The van der Waals surface area contributed by atoms with E-state index >= 15 is 0 Å². The Balaban J connectivity index is 1.95. The summed E-state index contributed by atoms with van der Waals surface area (Å²) in [6.07, 6.45) is 3.99. The van der Waals surface area contributed by atoms with Crippen molar-refractivity contribution in [2.45, 2.75) is 19.5 Å². The van der Waals surface area contributed by atoms with Crippen molar-refractivity contribution in [3.8, 4) is 0 Å². The summed E-state index contributed by atoms with van der Waals surface area (Å²) in [4.78, 5) is 15.6. The van der Waals surface area contributed by atoms with Gasteiger partial charge in [-0.2, -0.15) is 0 Å². The lowest BCUT2D eigenvalue weighted by molar-refractivity contribution is 0.185. The standard InChI is InChI=1S/C13H17FN6O2/c1-9(12-19-16-8-20(12)3-4-22-2)17-13(21)18-11-5-10(14)6-15-7-11/h5-9H,3-4H2,1-2H3,(H2,17,18,21)/t9-/m0/s1. The van der Waals surface area contributed by atoms with E-state index in [0.717, 1.165) is 6.20 Å². The number of aromatic nitrogens is 4. The van der Waals surface area contributed by atoms with Crippen LogP contribution in [0.5, 0.6) is 0 Å².